The fraction of sp³-hybridized carbons (Fsp3) is 0.545. The molecule has 0 aliphatic carbocycles. The van der Waals surface area contributed by atoms with Crippen LogP contribution in [0.4, 0.5) is 0 Å². The lowest BCUT2D eigenvalue weighted by atomic mass is 9.99. The van der Waals surface area contributed by atoms with Gasteiger partial charge < -0.3 is 30.0 Å². The van der Waals surface area contributed by atoms with Crippen molar-refractivity contribution in [2.45, 2.75) is 25.1 Å². The highest BCUT2D eigenvalue weighted by atomic mass is 16.5. The number of esters is 1. The van der Waals surface area contributed by atoms with Crippen LogP contribution in [0, 0.1) is 0 Å². The minimum atomic E-state index is -1.44. The maximum atomic E-state index is 12.6. The number of amides is 2. The van der Waals surface area contributed by atoms with Gasteiger partial charge in [-0.1, -0.05) is 24.3 Å². The summed E-state index contributed by atoms with van der Waals surface area (Å²) in [5.41, 5.74) is 0.673. The van der Waals surface area contributed by atoms with E-state index in [-0.39, 0.29) is 24.8 Å². The number of carbonyl (C=O) groups excluding carboxylic acids is 4. The van der Waals surface area contributed by atoms with Crippen LogP contribution >= 0.6 is 0 Å². The topological polar surface area (TPSA) is 143 Å². The monoisotopic (exact) mass is 465 g/mol. The first-order valence-electron chi connectivity index (χ1n) is 10.5. The van der Waals surface area contributed by atoms with Gasteiger partial charge in [-0.05, 0) is 12.5 Å². The number of hydrogen-bond acceptors (Lipinski definition) is 9. The van der Waals surface area contributed by atoms with Gasteiger partial charge in [0.25, 0.3) is 0 Å². The Hall–Kier alpha value is -2.86. The SMILES string of the molecule is COCC(=O)c1ccc([C@@H](O)[C@H](NC(=O)[C@H](C)NC(=O)CN2CCOCC2)C(=O)OC)cc1. The Balaban J connectivity index is 2.00. The van der Waals surface area contributed by atoms with Crippen LogP contribution in [-0.4, -0.2) is 99.3 Å². The third kappa shape index (κ3) is 7.90. The second-order valence-electron chi connectivity index (χ2n) is 7.61. The second kappa shape index (κ2) is 13.0. The van der Waals surface area contributed by atoms with Crippen molar-refractivity contribution in [2.75, 3.05) is 53.7 Å². The zero-order chi connectivity index (χ0) is 24.4. The van der Waals surface area contributed by atoms with E-state index in [1.807, 2.05) is 4.90 Å². The van der Waals surface area contributed by atoms with Gasteiger partial charge in [-0.2, -0.15) is 0 Å². The van der Waals surface area contributed by atoms with Crippen LogP contribution < -0.4 is 10.6 Å². The zero-order valence-electron chi connectivity index (χ0n) is 19.0. The smallest absolute Gasteiger partial charge is 0.331 e. The van der Waals surface area contributed by atoms with E-state index in [2.05, 4.69) is 10.6 Å². The normalized spacial score (nSPS) is 16.8. The largest absolute Gasteiger partial charge is 0.467 e. The molecule has 3 N–H and O–H groups in total. The number of aliphatic hydroxyl groups excluding tert-OH is 1. The molecule has 0 bridgehead atoms. The number of morpholine rings is 1. The fourth-order valence-corrected chi connectivity index (χ4v) is 3.26. The maximum absolute atomic E-state index is 12.6. The van der Waals surface area contributed by atoms with Crippen molar-refractivity contribution in [1.82, 2.24) is 15.5 Å². The lowest BCUT2D eigenvalue weighted by molar-refractivity contribution is -0.148. The second-order valence-corrected chi connectivity index (χ2v) is 7.61. The average Bonchev–Trinajstić information content (AvgIpc) is 2.82. The van der Waals surface area contributed by atoms with Gasteiger partial charge in [0.2, 0.25) is 11.8 Å². The predicted molar refractivity (Wildman–Crippen MR) is 116 cm³/mol. The highest BCUT2D eigenvalue weighted by molar-refractivity contribution is 5.97. The van der Waals surface area contributed by atoms with Crippen LogP contribution in [0.15, 0.2) is 24.3 Å². The molecule has 1 fully saturated rings. The molecule has 1 aliphatic rings. The van der Waals surface area contributed by atoms with Crippen LogP contribution in [0.25, 0.3) is 0 Å². The van der Waals surface area contributed by atoms with E-state index in [4.69, 9.17) is 14.2 Å². The third-order valence-corrected chi connectivity index (χ3v) is 5.16. The summed E-state index contributed by atoms with van der Waals surface area (Å²) in [6.07, 6.45) is -1.44. The van der Waals surface area contributed by atoms with Gasteiger partial charge in [0, 0.05) is 25.8 Å². The van der Waals surface area contributed by atoms with Crippen LogP contribution in [0.2, 0.25) is 0 Å². The number of nitrogens with zero attached hydrogens (tertiary/aromatic N) is 1. The van der Waals surface area contributed by atoms with E-state index in [0.717, 1.165) is 7.11 Å². The van der Waals surface area contributed by atoms with Gasteiger partial charge in [-0.25, -0.2) is 4.79 Å². The Bertz CT molecular complexity index is 823. The van der Waals surface area contributed by atoms with Gasteiger partial charge in [-0.3, -0.25) is 19.3 Å². The highest BCUT2D eigenvalue weighted by Gasteiger charge is 2.32. The van der Waals surface area contributed by atoms with Crippen molar-refractivity contribution >= 4 is 23.6 Å². The number of ketones is 1. The Morgan fingerprint density at radius 1 is 1.09 bits per heavy atom. The van der Waals surface area contributed by atoms with Crippen LogP contribution in [0.3, 0.4) is 0 Å². The van der Waals surface area contributed by atoms with Crippen LogP contribution in [0.5, 0.6) is 0 Å². The fourth-order valence-electron chi connectivity index (χ4n) is 3.26. The molecule has 2 amide bonds. The van der Waals surface area contributed by atoms with Crippen molar-refractivity contribution in [3.05, 3.63) is 35.4 Å². The summed E-state index contributed by atoms with van der Waals surface area (Å²) in [4.78, 5) is 50.9. The molecule has 33 heavy (non-hydrogen) atoms. The molecule has 1 heterocycles. The third-order valence-electron chi connectivity index (χ3n) is 5.16. The van der Waals surface area contributed by atoms with Gasteiger partial charge in [0.1, 0.15) is 18.8 Å². The maximum Gasteiger partial charge on any atom is 0.331 e. The number of ether oxygens (including phenoxy) is 3. The molecule has 1 aromatic rings. The first-order valence-corrected chi connectivity index (χ1v) is 10.5. The van der Waals surface area contributed by atoms with E-state index >= 15 is 0 Å². The Morgan fingerprint density at radius 2 is 1.73 bits per heavy atom. The first kappa shape index (κ1) is 26.4. The minimum Gasteiger partial charge on any atom is -0.467 e. The van der Waals surface area contributed by atoms with Crippen molar-refractivity contribution in [3.63, 3.8) is 0 Å². The van der Waals surface area contributed by atoms with Crippen molar-refractivity contribution < 1.29 is 38.5 Å². The summed E-state index contributed by atoms with van der Waals surface area (Å²) in [5, 5.41) is 15.7. The van der Waals surface area contributed by atoms with E-state index in [0.29, 0.717) is 37.4 Å². The van der Waals surface area contributed by atoms with Gasteiger partial charge in [0.05, 0.1) is 26.9 Å². The lowest BCUT2D eigenvalue weighted by Crippen LogP contribution is -2.54. The molecule has 0 saturated carbocycles. The number of carbonyl (C=O) groups is 4. The molecule has 0 unspecified atom stereocenters. The molecule has 11 nitrogen and oxygen atoms in total. The Labute approximate surface area is 192 Å². The average molecular weight is 466 g/mol. The summed E-state index contributed by atoms with van der Waals surface area (Å²) < 4.78 is 14.8. The molecule has 182 valence electrons. The quantitative estimate of drug-likeness (QED) is 0.278. The van der Waals surface area contributed by atoms with E-state index in [1.54, 1.807) is 0 Å². The molecule has 1 aromatic carbocycles. The Morgan fingerprint density at radius 3 is 2.30 bits per heavy atom. The Kier molecular flexibility index (Phi) is 10.4. The number of rotatable bonds is 11. The summed E-state index contributed by atoms with van der Waals surface area (Å²) in [6.45, 7) is 3.85. The lowest BCUT2D eigenvalue weighted by Gasteiger charge is -2.27. The van der Waals surface area contributed by atoms with Crippen LogP contribution in [-0.2, 0) is 28.6 Å². The molecular weight excluding hydrogens is 434 g/mol. The number of methoxy groups -OCH3 is 2. The van der Waals surface area contributed by atoms with Gasteiger partial charge >= 0.3 is 5.97 Å². The predicted octanol–water partition coefficient (Wildman–Crippen LogP) is -0.956. The highest BCUT2D eigenvalue weighted by Crippen LogP contribution is 2.19. The first-order chi connectivity index (χ1) is 15.8. The summed E-state index contributed by atoms with van der Waals surface area (Å²) in [7, 11) is 2.54. The molecule has 0 spiro atoms. The standard InChI is InChI=1S/C22H31N3O8/c1-14(23-18(27)12-25-8-10-33-11-9-25)21(29)24-19(22(30)32-3)20(28)16-6-4-15(5-7-16)17(26)13-31-2/h4-7,14,19-20,28H,8-13H2,1-3H3,(H,23,27)(H,24,29)/t14-,19-,20+/m0/s1. The molecule has 1 saturated heterocycles. The van der Waals surface area contributed by atoms with Crippen molar-refractivity contribution in [3.8, 4) is 0 Å². The van der Waals surface area contributed by atoms with E-state index in [9.17, 15) is 24.3 Å². The van der Waals surface area contributed by atoms with Crippen molar-refractivity contribution in [1.29, 1.82) is 0 Å². The molecule has 1 aliphatic heterocycles. The number of aliphatic hydroxyl groups is 1. The molecule has 11 heteroatoms. The minimum absolute atomic E-state index is 0.0854. The number of Topliss-reactive ketones (excluding diaryl/α,β-unsaturated/α-hetero) is 1. The summed E-state index contributed by atoms with van der Waals surface area (Å²) in [5.74, 6) is -2.10. The van der Waals surface area contributed by atoms with E-state index < -0.39 is 30.1 Å². The summed E-state index contributed by atoms with van der Waals surface area (Å²) >= 11 is 0. The number of nitrogens with one attached hydrogen (secondary N) is 2. The van der Waals surface area contributed by atoms with Gasteiger partial charge in [-0.15, -0.1) is 0 Å². The molecule has 3 atom stereocenters. The number of hydrogen-bond donors (Lipinski definition) is 3. The zero-order valence-corrected chi connectivity index (χ0v) is 19.0. The molecule has 0 aromatic heterocycles. The van der Waals surface area contributed by atoms with Crippen LogP contribution in [0.1, 0.15) is 28.9 Å². The van der Waals surface area contributed by atoms with E-state index in [1.165, 1.54) is 38.3 Å². The summed E-state index contributed by atoms with van der Waals surface area (Å²) in [6, 6.07) is 3.56. The number of benzene rings is 1. The van der Waals surface area contributed by atoms with Crippen molar-refractivity contribution in [2.24, 2.45) is 0 Å². The molecule has 2 rings (SSSR count). The molecule has 0 radical (unpaired) electrons. The van der Waals surface area contributed by atoms with Gasteiger partial charge in [0.15, 0.2) is 11.8 Å². The molecular formula is C22H31N3O8.